The first-order chi connectivity index (χ1) is 10.2. The SMILES string of the molecule is C=CC(=O)OC1C2CC3C(=O)N(C4CCCCC4)C1C3O2. The van der Waals surface area contributed by atoms with Crippen LogP contribution in [0.1, 0.15) is 38.5 Å². The van der Waals surface area contributed by atoms with Gasteiger partial charge in [0.1, 0.15) is 0 Å². The highest BCUT2D eigenvalue weighted by Crippen LogP contribution is 2.50. The normalized spacial score (nSPS) is 41.6. The predicted molar refractivity (Wildman–Crippen MR) is 74.4 cm³/mol. The third-order valence-corrected chi connectivity index (χ3v) is 5.53. The molecular formula is C16H21NO4. The van der Waals surface area contributed by atoms with Crippen molar-refractivity contribution in [2.75, 3.05) is 0 Å². The Bertz CT molecular complexity index is 485. The average Bonchev–Trinajstić information content (AvgIpc) is 3.12. The number of esters is 1. The van der Waals surface area contributed by atoms with E-state index in [1.54, 1.807) is 0 Å². The number of hydrogen-bond donors (Lipinski definition) is 0. The molecule has 4 fully saturated rings. The van der Waals surface area contributed by atoms with E-state index in [1.807, 2.05) is 4.90 Å². The third-order valence-electron chi connectivity index (χ3n) is 5.53. The second kappa shape index (κ2) is 4.83. The maximum absolute atomic E-state index is 12.7. The number of fused-ring (bicyclic) bond motifs is 1. The van der Waals surface area contributed by atoms with E-state index in [1.165, 1.54) is 25.3 Å². The molecule has 4 aliphatic rings. The lowest BCUT2D eigenvalue weighted by molar-refractivity contribution is -0.150. The zero-order valence-electron chi connectivity index (χ0n) is 12.1. The maximum atomic E-state index is 12.7. The standard InChI is InChI=1S/C16H21NO4/c1-2-12(18)21-15-11-8-10-14(20-11)13(15)17(16(10)19)9-6-4-3-5-7-9/h2,9-11,13-15H,1,3-8H2. The Morgan fingerprint density at radius 3 is 2.81 bits per heavy atom. The Labute approximate surface area is 124 Å². The molecule has 0 N–H and O–H groups in total. The quantitative estimate of drug-likeness (QED) is 0.583. The van der Waals surface area contributed by atoms with Gasteiger partial charge >= 0.3 is 5.97 Å². The van der Waals surface area contributed by atoms with Gasteiger partial charge in [0, 0.05) is 12.1 Å². The molecule has 1 amide bonds. The van der Waals surface area contributed by atoms with Crippen molar-refractivity contribution < 1.29 is 19.1 Å². The van der Waals surface area contributed by atoms with E-state index < -0.39 is 5.97 Å². The monoisotopic (exact) mass is 291 g/mol. The highest BCUT2D eigenvalue weighted by molar-refractivity contribution is 5.85. The molecule has 0 spiro atoms. The summed E-state index contributed by atoms with van der Waals surface area (Å²) >= 11 is 0. The van der Waals surface area contributed by atoms with Crippen molar-refractivity contribution in [3.05, 3.63) is 12.7 Å². The fourth-order valence-corrected chi connectivity index (χ4v) is 4.68. The lowest BCUT2D eigenvalue weighted by Crippen LogP contribution is -2.50. The topological polar surface area (TPSA) is 55.8 Å². The van der Waals surface area contributed by atoms with Crippen LogP contribution in [0.4, 0.5) is 0 Å². The number of likely N-dealkylation sites (tertiary alicyclic amines) is 1. The van der Waals surface area contributed by atoms with E-state index in [2.05, 4.69) is 6.58 Å². The van der Waals surface area contributed by atoms with Crippen LogP contribution in [-0.4, -0.2) is 47.2 Å². The van der Waals surface area contributed by atoms with Gasteiger partial charge in [-0.3, -0.25) is 4.79 Å². The molecule has 5 nitrogen and oxygen atoms in total. The number of rotatable bonds is 3. The molecule has 3 aliphatic heterocycles. The fraction of sp³-hybridized carbons (Fsp3) is 0.750. The van der Waals surface area contributed by atoms with E-state index >= 15 is 0 Å². The van der Waals surface area contributed by atoms with Gasteiger partial charge in [-0.1, -0.05) is 25.8 Å². The molecule has 4 rings (SSSR count). The van der Waals surface area contributed by atoms with Crippen LogP contribution in [0, 0.1) is 5.92 Å². The summed E-state index contributed by atoms with van der Waals surface area (Å²) in [6.07, 6.45) is 7.11. The van der Waals surface area contributed by atoms with E-state index in [9.17, 15) is 9.59 Å². The largest absolute Gasteiger partial charge is 0.454 e. The molecule has 3 saturated heterocycles. The van der Waals surface area contributed by atoms with Crippen LogP contribution in [0.15, 0.2) is 12.7 Å². The summed E-state index contributed by atoms with van der Waals surface area (Å²) in [5, 5.41) is 0. The molecule has 1 aliphatic carbocycles. The van der Waals surface area contributed by atoms with Gasteiger partial charge in [-0.2, -0.15) is 0 Å². The molecule has 114 valence electrons. The number of nitrogens with zero attached hydrogens (tertiary/aromatic N) is 1. The molecule has 0 radical (unpaired) electrons. The summed E-state index contributed by atoms with van der Waals surface area (Å²) in [6, 6.07) is 0.224. The molecule has 21 heavy (non-hydrogen) atoms. The number of carbonyl (C=O) groups excluding carboxylic acids is 2. The summed E-state index contributed by atoms with van der Waals surface area (Å²) in [5.41, 5.74) is 0. The summed E-state index contributed by atoms with van der Waals surface area (Å²) in [7, 11) is 0. The Hall–Kier alpha value is -1.36. The highest BCUT2D eigenvalue weighted by Gasteiger charge is 2.67. The first-order valence-corrected chi connectivity index (χ1v) is 8.01. The van der Waals surface area contributed by atoms with Gasteiger partial charge in [0.05, 0.1) is 24.2 Å². The van der Waals surface area contributed by atoms with Crippen molar-refractivity contribution in [3.63, 3.8) is 0 Å². The molecule has 5 heteroatoms. The van der Waals surface area contributed by atoms with E-state index in [4.69, 9.17) is 9.47 Å². The van der Waals surface area contributed by atoms with Crippen molar-refractivity contribution in [3.8, 4) is 0 Å². The number of hydrogen-bond acceptors (Lipinski definition) is 4. The second-order valence-electron chi connectivity index (χ2n) is 6.61. The molecule has 0 aromatic heterocycles. The lowest BCUT2D eigenvalue weighted by Gasteiger charge is -2.37. The smallest absolute Gasteiger partial charge is 0.330 e. The molecule has 0 aromatic carbocycles. The van der Waals surface area contributed by atoms with Crippen molar-refractivity contribution in [1.82, 2.24) is 4.90 Å². The Kier molecular flexibility index (Phi) is 3.06. The highest BCUT2D eigenvalue weighted by atomic mass is 16.6. The van der Waals surface area contributed by atoms with Gasteiger partial charge in [-0.05, 0) is 19.3 Å². The second-order valence-corrected chi connectivity index (χ2v) is 6.61. The number of carbonyl (C=O) groups is 2. The van der Waals surface area contributed by atoms with Gasteiger partial charge in [0.15, 0.2) is 6.10 Å². The van der Waals surface area contributed by atoms with Crippen molar-refractivity contribution in [2.24, 2.45) is 5.92 Å². The van der Waals surface area contributed by atoms with Crippen molar-refractivity contribution in [1.29, 1.82) is 0 Å². The Morgan fingerprint density at radius 1 is 1.33 bits per heavy atom. The molecular weight excluding hydrogens is 270 g/mol. The van der Waals surface area contributed by atoms with Crippen molar-refractivity contribution >= 4 is 11.9 Å². The molecule has 1 saturated carbocycles. The van der Waals surface area contributed by atoms with Crippen LogP contribution in [0.3, 0.4) is 0 Å². The number of ether oxygens (including phenoxy) is 2. The van der Waals surface area contributed by atoms with Gasteiger partial charge in [0.25, 0.3) is 0 Å². The average molecular weight is 291 g/mol. The molecule has 0 aromatic rings. The first-order valence-electron chi connectivity index (χ1n) is 8.01. The summed E-state index contributed by atoms with van der Waals surface area (Å²) < 4.78 is 11.5. The van der Waals surface area contributed by atoms with Gasteiger partial charge in [0.2, 0.25) is 5.91 Å². The van der Waals surface area contributed by atoms with E-state index in [0.29, 0.717) is 12.5 Å². The van der Waals surface area contributed by atoms with E-state index in [0.717, 1.165) is 12.8 Å². The van der Waals surface area contributed by atoms with Gasteiger partial charge < -0.3 is 14.4 Å². The van der Waals surface area contributed by atoms with Crippen LogP contribution >= 0.6 is 0 Å². The van der Waals surface area contributed by atoms with Crippen LogP contribution < -0.4 is 0 Å². The summed E-state index contributed by atoms with van der Waals surface area (Å²) in [6.45, 7) is 3.45. The van der Waals surface area contributed by atoms with Crippen LogP contribution in [0.25, 0.3) is 0 Å². The zero-order chi connectivity index (χ0) is 14.6. The fourth-order valence-electron chi connectivity index (χ4n) is 4.68. The van der Waals surface area contributed by atoms with E-state index in [-0.39, 0.29) is 36.2 Å². The lowest BCUT2D eigenvalue weighted by atomic mass is 9.87. The van der Waals surface area contributed by atoms with Crippen LogP contribution in [0.2, 0.25) is 0 Å². The minimum atomic E-state index is -0.421. The first kappa shape index (κ1) is 13.3. The third kappa shape index (κ3) is 1.86. The minimum absolute atomic E-state index is 0.0133. The van der Waals surface area contributed by atoms with Crippen molar-refractivity contribution in [2.45, 2.75) is 68.9 Å². The molecule has 5 unspecified atom stereocenters. The number of amides is 1. The van der Waals surface area contributed by atoms with Crippen LogP contribution in [-0.2, 0) is 19.1 Å². The molecule has 3 heterocycles. The minimum Gasteiger partial charge on any atom is -0.454 e. The zero-order valence-corrected chi connectivity index (χ0v) is 12.1. The molecule has 2 bridgehead atoms. The Morgan fingerprint density at radius 2 is 2.10 bits per heavy atom. The van der Waals surface area contributed by atoms with Crippen LogP contribution in [0.5, 0.6) is 0 Å². The maximum Gasteiger partial charge on any atom is 0.330 e. The molecule has 5 atom stereocenters. The summed E-state index contributed by atoms with van der Waals surface area (Å²) in [4.78, 5) is 26.3. The summed E-state index contributed by atoms with van der Waals surface area (Å²) in [5.74, 6) is -0.215. The van der Waals surface area contributed by atoms with Gasteiger partial charge in [-0.15, -0.1) is 0 Å². The van der Waals surface area contributed by atoms with Gasteiger partial charge in [-0.25, -0.2) is 4.79 Å². The Balaban J connectivity index is 1.60. The predicted octanol–water partition coefficient (Wildman–Crippen LogP) is 1.41.